The molecule has 0 bridgehead atoms. The van der Waals surface area contributed by atoms with Crippen LogP contribution in [0.3, 0.4) is 0 Å². The molecule has 130 valence electrons. The van der Waals surface area contributed by atoms with Crippen molar-refractivity contribution in [1.82, 2.24) is 19.9 Å². The Labute approximate surface area is 148 Å². The maximum Gasteiger partial charge on any atom is 0.417 e. The average Bonchev–Trinajstić information content (AvgIpc) is 3.27. The maximum absolute atomic E-state index is 12.4. The molecule has 2 heterocycles. The monoisotopic (exact) mass is 348 g/mol. The van der Waals surface area contributed by atoms with Gasteiger partial charge in [-0.2, -0.15) is 0 Å². The summed E-state index contributed by atoms with van der Waals surface area (Å²) >= 11 is 0. The number of imidazole rings is 1. The van der Waals surface area contributed by atoms with Gasteiger partial charge >= 0.3 is 5.76 Å². The number of H-pyrrole nitrogens is 1. The predicted octanol–water partition coefficient (Wildman–Crippen LogP) is 2.30. The molecule has 2 aromatic heterocycles. The van der Waals surface area contributed by atoms with Crippen LogP contribution in [0.1, 0.15) is 21.5 Å². The Morgan fingerprint density at radius 1 is 1.19 bits per heavy atom. The molecule has 2 aromatic carbocycles. The number of rotatable bonds is 5. The number of hydrogen-bond donors (Lipinski definition) is 2. The number of hydrogen-bond acceptors (Lipinski definition) is 4. The summed E-state index contributed by atoms with van der Waals surface area (Å²) in [7, 11) is 0. The maximum atomic E-state index is 12.4. The highest BCUT2D eigenvalue weighted by molar-refractivity contribution is 5.96. The molecule has 0 aliphatic rings. The van der Waals surface area contributed by atoms with Crippen LogP contribution >= 0.6 is 0 Å². The zero-order valence-electron chi connectivity index (χ0n) is 13.8. The van der Waals surface area contributed by atoms with E-state index in [-0.39, 0.29) is 5.91 Å². The van der Waals surface area contributed by atoms with Gasteiger partial charge in [0.05, 0.1) is 11.8 Å². The van der Waals surface area contributed by atoms with Crippen LogP contribution in [0.15, 0.2) is 70.4 Å². The van der Waals surface area contributed by atoms with Crippen molar-refractivity contribution in [2.45, 2.75) is 13.1 Å². The number of nitrogens with zero attached hydrogens (tertiary/aromatic N) is 2. The molecule has 26 heavy (non-hydrogen) atoms. The van der Waals surface area contributed by atoms with Gasteiger partial charge in [-0.25, -0.2) is 9.78 Å². The second-order valence-electron chi connectivity index (χ2n) is 5.96. The molecule has 0 atom stereocenters. The smallest absolute Gasteiger partial charge is 0.408 e. The van der Waals surface area contributed by atoms with Crippen molar-refractivity contribution in [2.75, 3.05) is 0 Å². The molecule has 0 radical (unpaired) electrons. The van der Waals surface area contributed by atoms with Gasteiger partial charge in [0.2, 0.25) is 0 Å². The van der Waals surface area contributed by atoms with Gasteiger partial charge in [0.25, 0.3) is 5.91 Å². The summed E-state index contributed by atoms with van der Waals surface area (Å²) in [6.07, 6.45) is 5.42. The summed E-state index contributed by atoms with van der Waals surface area (Å²) in [5.41, 5.74) is 3.54. The zero-order chi connectivity index (χ0) is 17.9. The van der Waals surface area contributed by atoms with Crippen molar-refractivity contribution in [1.29, 1.82) is 0 Å². The van der Waals surface area contributed by atoms with Gasteiger partial charge < -0.3 is 14.3 Å². The molecule has 4 aromatic rings. The van der Waals surface area contributed by atoms with E-state index in [4.69, 9.17) is 4.42 Å². The molecular formula is C19H16N4O3. The normalized spacial score (nSPS) is 10.9. The molecule has 0 aliphatic heterocycles. The van der Waals surface area contributed by atoms with Crippen LogP contribution in [0.5, 0.6) is 0 Å². The Bertz CT molecular complexity index is 1110. The van der Waals surface area contributed by atoms with Crippen LogP contribution in [-0.2, 0) is 13.1 Å². The summed E-state index contributed by atoms with van der Waals surface area (Å²) in [6.45, 7) is 1.14. The third-order valence-corrected chi connectivity index (χ3v) is 4.05. The average molecular weight is 348 g/mol. The second kappa shape index (κ2) is 6.72. The molecule has 4 rings (SSSR count). The van der Waals surface area contributed by atoms with Crippen molar-refractivity contribution in [3.8, 4) is 0 Å². The van der Waals surface area contributed by atoms with Gasteiger partial charge in [0.15, 0.2) is 5.58 Å². The number of carbonyl (C=O) groups excluding carboxylic acids is 1. The number of oxazole rings is 1. The number of nitrogens with one attached hydrogen (secondary N) is 2. The summed E-state index contributed by atoms with van der Waals surface area (Å²) in [5.74, 6) is -0.749. The van der Waals surface area contributed by atoms with Gasteiger partial charge in [-0.3, -0.25) is 9.78 Å². The highest BCUT2D eigenvalue weighted by Gasteiger charge is 2.09. The van der Waals surface area contributed by atoms with Gasteiger partial charge in [0, 0.05) is 31.0 Å². The van der Waals surface area contributed by atoms with E-state index in [9.17, 15) is 9.59 Å². The minimum absolute atomic E-state index is 0.214. The number of benzene rings is 2. The molecular weight excluding hydrogens is 332 g/mol. The molecule has 0 saturated heterocycles. The summed E-state index contributed by atoms with van der Waals surface area (Å²) in [6, 6.07) is 12.9. The molecule has 2 N–H and O–H groups in total. The fourth-order valence-electron chi connectivity index (χ4n) is 2.81. The predicted molar refractivity (Wildman–Crippen MR) is 95.8 cm³/mol. The van der Waals surface area contributed by atoms with Gasteiger partial charge in [0.1, 0.15) is 0 Å². The van der Waals surface area contributed by atoms with Gasteiger partial charge in [-0.1, -0.05) is 24.3 Å². The molecule has 0 unspecified atom stereocenters. The third kappa shape index (κ3) is 3.41. The van der Waals surface area contributed by atoms with E-state index in [1.54, 1.807) is 30.7 Å². The van der Waals surface area contributed by atoms with E-state index < -0.39 is 5.76 Å². The van der Waals surface area contributed by atoms with Gasteiger partial charge in [-0.15, -0.1) is 0 Å². The van der Waals surface area contributed by atoms with Crippen LogP contribution < -0.4 is 11.1 Å². The molecule has 0 spiro atoms. The first-order chi connectivity index (χ1) is 12.7. The Hall–Kier alpha value is -3.61. The summed E-state index contributed by atoms with van der Waals surface area (Å²) < 4.78 is 6.92. The molecule has 0 saturated carbocycles. The van der Waals surface area contributed by atoms with E-state index in [1.807, 2.05) is 29.0 Å². The number of amides is 1. The SMILES string of the molecule is O=C(NCc1cccc(Cn2ccnc2)c1)c1ccc2oc(=O)[nH]c2c1. The highest BCUT2D eigenvalue weighted by atomic mass is 16.4. The van der Waals surface area contributed by atoms with Crippen molar-refractivity contribution >= 4 is 17.0 Å². The third-order valence-electron chi connectivity index (χ3n) is 4.05. The van der Waals surface area contributed by atoms with Crippen LogP contribution in [0.4, 0.5) is 0 Å². The molecule has 0 fully saturated rings. The van der Waals surface area contributed by atoms with Crippen molar-refractivity contribution in [3.63, 3.8) is 0 Å². The topological polar surface area (TPSA) is 92.9 Å². The Morgan fingerprint density at radius 3 is 2.92 bits per heavy atom. The first-order valence-electron chi connectivity index (χ1n) is 8.12. The van der Waals surface area contributed by atoms with Crippen LogP contribution in [-0.4, -0.2) is 20.4 Å². The first kappa shape index (κ1) is 15.9. The van der Waals surface area contributed by atoms with Crippen LogP contribution in [0.2, 0.25) is 0 Å². The fraction of sp³-hybridized carbons (Fsp3) is 0.105. The lowest BCUT2D eigenvalue weighted by molar-refractivity contribution is 0.0951. The minimum atomic E-state index is -0.535. The van der Waals surface area contributed by atoms with Gasteiger partial charge in [-0.05, 0) is 29.3 Å². The standard InChI is InChI=1S/C19H16N4O3/c24-18(15-4-5-17-16(9-15)22-19(25)26-17)21-10-13-2-1-3-14(8-13)11-23-7-6-20-12-23/h1-9,12H,10-11H2,(H,21,24)(H,22,25). The largest absolute Gasteiger partial charge is 0.417 e. The van der Waals surface area contributed by atoms with Crippen LogP contribution in [0.25, 0.3) is 11.1 Å². The fourth-order valence-corrected chi connectivity index (χ4v) is 2.81. The zero-order valence-corrected chi connectivity index (χ0v) is 13.8. The summed E-state index contributed by atoms with van der Waals surface area (Å²) in [5, 5.41) is 2.89. The number of fused-ring (bicyclic) bond motifs is 1. The van der Waals surface area contributed by atoms with Crippen molar-refractivity contribution in [2.24, 2.45) is 0 Å². The lowest BCUT2D eigenvalue weighted by Crippen LogP contribution is -2.22. The minimum Gasteiger partial charge on any atom is -0.408 e. The number of aromatic nitrogens is 3. The highest BCUT2D eigenvalue weighted by Crippen LogP contribution is 2.13. The second-order valence-corrected chi connectivity index (χ2v) is 5.96. The summed E-state index contributed by atoms with van der Waals surface area (Å²) in [4.78, 5) is 30.1. The number of aromatic amines is 1. The lowest BCUT2D eigenvalue weighted by atomic mass is 10.1. The van der Waals surface area contributed by atoms with E-state index in [0.717, 1.165) is 17.7 Å². The van der Waals surface area contributed by atoms with Crippen LogP contribution in [0, 0.1) is 0 Å². The Morgan fingerprint density at radius 2 is 2.08 bits per heavy atom. The molecule has 7 heteroatoms. The Balaban J connectivity index is 1.44. The lowest BCUT2D eigenvalue weighted by Gasteiger charge is -2.08. The van der Waals surface area contributed by atoms with E-state index in [0.29, 0.717) is 23.2 Å². The quantitative estimate of drug-likeness (QED) is 0.579. The van der Waals surface area contributed by atoms with E-state index in [2.05, 4.69) is 21.4 Å². The first-order valence-corrected chi connectivity index (χ1v) is 8.12. The van der Waals surface area contributed by atoms with Crippen molar-refractivity contribution < 1.29 is 9.21 Å². The Kier molecular flexibility index (Phi) is 4.10. The molecule has 1 amide bonds. The van der Waals surface area contributed by atoms with E-state index >= 15 is 0 Å². The number of carbonyl (C=O) groups is 1. The molecule has 0 aliphatic carbocycles. The van der Waals surface area contributed by atoms with E-state index in [1.165, 1.54) is 0 Å². The van der Waals surface area contributed by atoms with Crippen molar-refractivity contribution in [3.05, 3.63) is 88.4 Å². The molecule has 7 nitrogen and oxygen atoms in total.